The Hall–Kier alpha value is -5.11. The summed E-state index contributed by atoms with van der Waals surface area (Å²) in [4.78, 5) is 50.0. The molecule has 0 radical (unpaired) electrons. The van der Waals surface area contributed by atoms with Gasteiger partial charge in [0.25, 0.3) is 0 Å². The van der Waals surface area contributed by atoms with Gasteiger partial charge in [-0.25, -0.2) is 14.5 Å². The molecule has 1 saturated carbocycles. The quantitative estimate of drug-likeness (QED) is 0.227. The molecule has 2 fully saturated rings. The van der Waals surface area contributed by atoms with Crippen molar-refractivity contribution in [2.75, 3.05) is 19.0 Å². The number of rotatable bonds is 8. The molecule has 2 aliphatic rings. The lowest BCUT2D eigenvalue weighted by molar-refractivity contribution is -0.141. The van der Waals surface area contributed by atoms with Gasteiger partial charge in [-0.3, -0.25) is 14.4 Å². The summed E-state index contributed by atoms with van der Waals surface area (Å²) in [5.41, 5.74) is 4.33. The van der Waals surface area contributed by atoms with Crippen molar-refractivity contribution in [1.29, 1.82) is 0 Å². The molecule has 4 aromatic heterocycles. The van der Waals surface area contributed by atoms with Crippen LogP contribution in [0.25, 0.3) is 27.7 Å². The van der Waals surface area contributed by atoms with E-state index in [1.165, 1.54) is 25.0 Å². The molecule has 14 heteroatoms. The van der Waals surface area contributed by atoms with E-state index in [1.54, 1.807) is 21.5 Å². The van der Waals surface area contributed by atoms with Gasteiger partial charge in [0.2, 0.25) is 11.8 Å². The van der Waals surface area contributed by atoms with Gasteiger partial charge in [-0.2, -0.15) is 18.3 Å². The maximum absolute atomic E-state index is 13.9. The molecule has 11 nitrogen and oxygen atoms in total. The number of nitrogens with zero attached hydrogens (tertiary/aromatic N) is 6. The fraction of sp³-hybridized carbons (Fsp3) is 0.353. The van der Waals surface area contributed by atoms with Gasteiger partial charge in [-0.05, 0) is 68.4 Å². The minimum atomic E-state index is -4.71. The predicted molar refractivity (Wildman–Crippen MR) is 169 cm³/mol. The van der Waals surface area contributed by atoms with Crippen LogP contribution in [0.15, 0.2) is 48.9 Å². The Morgan fingerprint density at radius 3 is 2.60 bits per heavy atom. The number of ketones is 1. The van der Waals surface area contributed by atoms with Crippen molar-refractivity contribution < 1.29 is 32.3 Å². The number of hydrogen-bond acceptors (Lipinski definition) is 7. The minimum absolute atomic E-state index is 0.0611. The fourth-order valence-electron chi connectivity index (χ4n) is 6.88. The molecule has 7 rings (SSSR count). The average molecular weight is 660 g/mol. The van der Waals surface area contributed by atoms with E-state index in [-0.39, 0.29) is 48.1 Å². The topological polar surface area (TPSA) is 124 Å². The van der Waals surface area contributed by atoms with Gasteiger partial charge in [0.1, 0.15) is 24.1 Å². The van der Waals surface area contributed by atoms with Crippen molar-refractivity contribution in [1.82, 2.24) is 29.0 Å². The number of carbonyl (C=O) groups is 3. The maximum Gasteiger partial charge on any atom is 0.433 e. The number of pyridine rings is 1. The molecule has 248 valence electrons. The van der Waals surface area contributed by atoms with Gasteiger partial charge in [0.05, 0.1) is 17.8 Å². The molecule has 5 heterocycles. The molecular weight excluding hydrogens is 627 g/mol. The second-order valence-corrected chi connectivity index (χ2v) is 12.6. The number of amides is 2. The monoisotopic (exact) mass is 659 g/mol. The zero-order valence-electron chi connectivity index (χ0n) is 26.6. The number of piperidine rings is 1. The Morgan fingerprint density at radius 1 is 1.08 bits per heavy atom. The highest BCUT2D eigenvalue weighted by Crippen LogP contribution is 2.50. The van der Waals surface area contributed by atoms with Crippen LogP contribution in [-0.4, -0.2) is 66.3 Å². The van der Waals surface area contributed by atoms with Crippen LogP contribution < -0.4 is 5.32 Å². The fourth-order valence-corrected chi connectivity index (χ4v) is 6.88. The van der Waals surface area contributed by atoms with E-state index in [0.717, 1.165) is 40.5 Å². The van der Waals surface area contributed by atoms with E-state index in [4.69, 9.17) is 4.74 Å². The molecule has 1 aliphatic carbocycles. The molecule has 0 bridgehead atoms. The summed E-state index contributed by atoms with van der Waals surface area (Å²) < 4.78 is 48.8. The summed E-state index contributed by atoms with van der Waals surface area (Å²) in [7, 11) is 1.39. The van der Waals surface area contributed by atoms with E-state index in [2.05, 4.69) is 20.4 Å². The summed E-state index contributed by atoms with van der Waals surface area (Å²) in [6, 6.07) is 6.93. The first-order valence-electron chi connectivity index (χ1n) is 15.5. The molecule has 0 unspecified atom stereocenters. The second-order valence-electron chi connectivity index (χ2n) is 12.6. The number of ether oxygens (including phenoxy) is 1. The Kier molecular flexibility index (Phi) is 7.57. The zero-order valence-corrected chi connectivity index (χ0v) is 26.6. The van der Waals surface area contributed by atoms with Crippen LogP contribution in [0.2, 0.25) is 0 Å². The van der Waals surface area contributed by atoms with E-state index in [0.29, 0.717) is 23.0 Å². The second kappa shape index (κ2) is 11.5. The van der Waals surface area contributed by atoms with Crippen LogP contribution in [-0.2, 0) is 33.7 Å². The SMILES string of the molecule is COCc1ccc(C(F)(F)F)nc1NC(=O)[C@@H]1[C@@H]2C[C@@H]2CN1C(=O)Cn1cc(C(C)=O)c2cc(-c3cnc4cc(C)nn4c3)cc(C)c21. The molecule has 0 spiro atoms. The Bertz CT molecular complexity index is 2140. The van der Waals surface area contributed by atoms with Gasteiger partial charge in [-0.1, -0.05) is 6.07 Å². The van der Waals surface area contributed by atoms with Crippen molar-refractivity contribution in [3.63, 3.8) is 0 Å². The smallest absolute Gasteiger partial charge is 0.380 e. The van der Waals surface area contributed by atoms with Gasteiger partial charge in [-0.15, -0.1) is 0 Å². The lowest BCUT2D eigenvalue weighted by atomic mass is 10.0. The molecule has 5 aromatic rings. The molecule has 3 atom stereocenters. The Labute approximate surface area is 272 Å². The predicted octanol–water partition coefficient (Wildman–Crippen LogP) is 5.22. The lowest BCUT2D eigenvalue weighted by Crippen LogP contribution is -2.47. The van der Waals surface area contributed by atoms with Crippen molar-refractivity contribution in [3.05, 3.63) is 77.0 Å². The molecule has 1 aromatic carbocycles. The number of aryl methyl sites for hydroxylation is 2. The van der Waals surface area contributed by atoms with Crippen LogP contribution in [0.3, 0.4) is 0 Å². The van der Waals surface area contributed by atoms with Crippen LogP contribution in [0.4, 0.5) is 19.0 Å². The molecule has 2 amide bonds. The average Bonchev–Trinajstić information content (AvgIpc) is 3.33. The minimum Gasteiger partial charge on any atom is -0.380 e. The number of anilines is 1. The third-order valence-corrected chi connectivity index (χ3v) is 9.17. The molecule has 1 N–H and O–H groups in total. The number of likely N-dealkylation sites (tertiary alicyclic amines) is 1. The normalized spacial score (nSPS) is 18.8. The summed E-state index contributed by atoms with van der Waals surface area (Å²) >= 11 is 0. The number of fused-ring (bicyclic) bond motifs is 3. The van der Waals surface area contributed by atoms with Gasteiger partial charge in [0, 0.05) is 60.4 Å². The lowest BCUT2D eigenvalue weighted by Gasteiger charge is -2.27. The third-order valence-electron chi connectivity index (χ3n) is 9.17. The molecular formula is C34H32F3N7O4. The summed E-state index contributed by atoms with van der Waals surface area (Å²) in [6.07, 6.45) is 1.32. The first-order valence-corrected chi connectivity index (χ1v) is 15.5. The van der Waals surface area contributed by atoms with Crippen molar-refractivity contribution in [2.45, 2.75) is 52.6 Å². The van der Waals surface area contributed by atoms with E-state index in [1.807, 2.05) is 38.2 Å². The highest BCUT2D eigenvalue weighted by atomic mass is 19.4. The van der Waals surface area contributed by atoms with Crippen molar-refractivity contribution >= 4 is 40.0 Å². The van der Waals surface area contributed by atoms with E-state index < -0.39 is 23.8 Å². The molecule has 1 saturated heterocycles. The van der Waals surface area contributed by atoms with Gasteiger partial charge in [0.15, 0.2) is 11.4 Å². The number of Topliss-reactive ketones (excluding diaryl/α,β-unsaturated/α-hetero) is 1. The number of methoxy groups -OCH3 is 1. The maximum atomic E-state index is 13.9. The molecule has 1 aliphatic heterocycles. The van der Waals surface area contributed by atoms with Gasteiger partial charge >= 0.3 is 6.18 Å². The van der Waals surface area contributed by atoms with Crippen LogP contribution in [0, 0.1) is 25.7 Å². The number of aromatic nitrogens is 5. The highest BCUT2D eigenvalue weighted by molar-refractivity contribution is 6.09. The highest BCUT2D eigenvalue weighted by Gasteiger charge is 2.57. The summed E-state index contributed by atoms with van der Waals surface area (Å²) in [5, 5.41) is 7.69. The van der Waals surface area contributed by atoms with Crippen LogP contribution in [0.1, 0.15) is 46.2 Å². The summed E-state index contributed by atoms with van der Waals surface area (Å²) in [5.74, 6) is -1.33. The first-order chi connectivity index (χ1) is 22.8. The Balaban J connectivity index is 1.17. The first kappa shape index (κ1) is 31.5. The number of hydrogen-bond donors (Lipinski definition) is 1. The summed E-state index contributed by atoms with van der Waals surface area (Å²) in [6.45, 7) is 5.42. The number of benzene rings is 1. The Morgan fingerprint density at radius 2 is 1.88 bits per heavy atom. The largest absolute Gasteiger partial charge is 0.433 e. The van der Waals surface area contributed by atoms with Crippen LogP contribution in [0.5, 0.6) is 0 Å². The standard InChI is InChI=1S/C34H32F3N7O4/c1-17-7-21(23-11-38-28-8-18(2)41-44(28)13-23)9-25-26(19(3)45)14-42(30(17)25)15-29(46)43-12-22-10-24(22)31(43)33(47)40-32-20(16-48-4)5-6-27(39-32)34(35,36)37/h5-9,11,13-14,22,24,31H,10,12,15-16H2,1-4H3,(H,39,40,47)/t22-,24-,31+/m1/s1. The zero-order chi connectivity index (χ0) is 34.1. The van der Waals surface area contributed by atoms with E-state index in [9.17, 15) is 27.6 Å². The molecule has 48 heavy (non-hydrogen) atoms. The van der Waals surface area contributed by atoms with E-state index >= 15 is 0 Å². The van der Waals surface area contributed by atoms with Gasteiger partial charge < -0.3 is 19.5 Å². The van der Waals surface area contributed by atoms with Crippen LogP contribution >= 0.6 is 0 Å². The number of nitrogens with one attached hydrogen (secondary N) is 1. The number of halogens is 3. The third kappa shape index (κ3) is 5.59. The number of alkyl halides is 3. The van der Waals surface area contributed by atoms with Crippen molar-refractivity contribution in [2.24, 2.45) is 11.8 Å². The number of carbonyl (C=O) groups excluding carboxylic acids is 3. The van der Waals surface area contributed by atoms with Crippen molar-refractivity contribution in [3.8, 4) is 11.1 Å².